The minimum atomic E-state index is -0.592. The van der Waals surface area contributed by atoms with Gasteiger partial charge in [-0.2, -0.15) is 0 Å². The lowest BCUT2D eigenvalue weighted by Crippen LogP contribution is -2.30. The second kappa shape index (κ2) is 3.89. The quantitative estimate of drug-likeness (QED) is 0.671. The lowest BCUT2D eigenvalue weighted by atomic mass is 9.81. The van der Waals surface area contributed by atoms with Crippen molar-refractivity contribution in [3.05, 3.63) is 0 Å². The lowest BCUT2D eigenvalue weighted by Gasteiger charge is -2.27. The Hall–Kier alpha value is -0.570. The first-order valence-corrected chi connectivity index (χ1v) is 5.65. The first-order valence-electron chi connectivity index (χ1n) is 5.65. The summed E-state index contributed by atoms with van der Waals surface area (Å²) in [6.45, 7) is 2.15. The maximum Gasteiger partial charge on any atom is 0.306 e. The van der Waals surface area contributed by atoms with Gasteiger partial charge in [-0.25, -0.2) is 0 Å². The Labute approximate surface area is 84.9 Å². The molecule has 1 spiro atoms. The zero-order valence-corrected chi connectivity index (χ0v) is 8.59. The van der Waals surface area contributed by atoms with Gasteiger partial charge in [0.2, 0.25) is 0 Å². The van der Waals surface area contributed by atoms with Crippen molar-refractivity contribution in [3.63, 3.8) is 0 Å². The van der Waals surface area contributed by atoms with E-state index in [1.54, 1.807) is 0 Å². The summed E-state index contributed by atoms with van der Waals surface area (Å²) in [5.74, 6) is -0.666. The molecule has 3 nitrogen and oxygen atoms in total. The fraction of sp³-hybridized carbons (Fsp3) is 0.909. The van der Waals surface area contributed by atoms with Crippen LogP contribution in [0, 0.1) is 11.3 Å². The van der Waals surface area contributed by atoms with E-state index in [9.17, 15) is 4.79 Å². The number of carboxylic acids is 1. The summed E-state index contributed by atoms with van der Waals surface area (Å²) in [7, 11) is 0. The Bertz CT molecular complexity index is 219. The van der Waals surface area contributed by atoms with Gasteiger partial charge in [-0.1, -0.05) is 6.42 Å². The zero-order chi connectivity index (χ0) is 10.0. The SMILES string of the molecule is O=C(O)C1CCC2(CCCCNC2)C1. The summed E-state index contributed by atoms with van der Waals surface area (Å²) >= 11 is 0. The van der Waals surface area contributed by atoms with Crippen LogP contribution in [0.4, 0.5) is 0 Å². The van der Waals surface area contributed by atoms with Crippen LogP contribution in [0.25, 0.3) is 0 Å². The number of carboxylic acid groups (broad SMARTS) is 1. The number of hydrogen-bond donors (Lipinski definition) is 2. The molecule has 2 aliphatic rings. The molecule has 1 aliphatic heterocycles. The Kier molecular flexibility index (Phi) is 2.77. The van der Waals surface area contributed by atoms with Crippen LogP contribution in [0.5, 0.6) is 0 Å². The van der Waals surface area contributed by atoms with E-state index < -0.39 is 5.97 Å². The summed E-state index contributed by atoms with van der Waals surface area (Å²) < 4.78 is 0. The molecule has 0 bridgehead atoms. The Morgan fingerprint density at radius 3 is 2.93 bits per heavy atom. The molecule has 0 aromatic rings. The van der Waals surface area contributed by atoms with Crippen LogP contribution in [0.1, 0.15) is 38.5 Å². The van der Waals surface area contributed by atoms with Crippen molar-refractivity contribution in [2.45, 2.75) is 38.5 Å². The molecule has 2 rings (SSSR count). The van der Waals surface area contributed by atoms with Crippen LogP contribution in [0.15, 0.2) is 0 Å². The molecule has 0 amide bonds. The van der Waals surface area contributed by atoms with Crippen LogP contribution < -0.4 is 5.32 Å². The third-order valence-electron chi connectivity index (χ3n) is 3.86. The van der Waals surface area contributed by atoms with Crippen molar-refractivity contribution in [3.8, 4) is 0 Å². The van der Waals surface area contributed by atoms with Crippen molar-refractivity contribution in [1.82, 2.24) is 5.32 Å². The van der Waals surface area contributed by atoms with E-state index in [4.69, 9.17) is 5.11 Å². The van der Waals surface area contributed by atoms with Gasteiger partial charge in [0.15, 0.2) is 0 Å². The maximum absolute atomic E-state index is 10.9. The highest BCUT2D eigenvalue weighted by molar-refractivity contribution is 5.70. The second-order valence-corrected chi connectivity index (χ2v) is 4.91. The number of rotatable bonds is 1. The summed E-state index contributed by atoms with van der Waals surface area (Å²) in [5, 5.41) is 12.4. The smallest absolute Gasteiger partial charge is 0.306 e. The van der Waals surface area contributed by atoms with Crippen molar-refractivity contribution < 1.29 is 9.90 Å². The molecular weight excluding hydrogens is 178 g/mol. The average Bonchev–Trinajstić information content (AvgIpc) is 2.41. The molecule has 1 saturated heterocycles. The van der Waals surface area contributed by atoms with Crippen LogP contribution >= 0.6 is 0 Å². The molecule has 1 saturated carbocycles. The van der Waals surface area contributed by atoms with Gasteiger partial charge >= 0.3 is 5.97 Å². The van der Waals surface area contributed by atoms with Gasteiger partial charge in [-0.15, -0.1) is 0 Å². The number of nitrogens with one attached hydrogen (secondary N) is 1. The molecule has 2 N–H and O–H groups in total. The summed E-state index contributed by atoms with van der Waals surface area (Å²) in [5.41, 5.74) is 0.319. The Balaban J connectivity index is 1.99. The predicted molar refractivity (Wildman–Crippen MR) is 54.1 cm³/mol. The highest BCUT2D eigenvalue weighted by Crippen LogP contribution is 2.45. The molecule has 80 valence electrons. The second-order valence-electron chi connectivity index (χ2n) is 4.91. The van der Waals surface area contributed by atoms with Crippen LogP contribution in [0.3, 0.4) is 0 Å². The highest BCUT2D eigenvalue weighted by Gasteiger charge is 2.41. The molecule has 3 heteroatoms. The lowest BCUT2D eigenvalue weighted by molar-refractivity contribution is -0.141. The first-order chi connectivity index (χ1) is 6.72. The predicted octanol–water partition coefficient (Wildman–Crippen LogP) is 1.63. The third kappa shape index (κ3) is 1.92. The normalized spacial score (nSPS) is 38.4. The highest BCUT2D eigenvalue weighted by atomic mass is 16.4. The zero-order valence-electron chi connectivity index (χ0n) is 8.59. The molecule has 14 heavy (non-hydrogen) atoms. The third-order valence-corrected chi connectivity index (χ3v) is 3.86. The van der Waals surface area contributed by atoms with E-state index in [1.807, 2.05) is 0 Å². The number of hydrogen-bond acceptors (Lipinski definition) is 2. The fourth-order valence-corrected chi connectivity index (χ4v) is 3.00. The van der Waals surface area contributed by atoms with E-state index >= 15 is 0 Å². The van der Waals surface area contributed by atoms with E-state index in [2.05, 4.69) is 5.32 Å². The van der Waals surface area contributed by atoms with E-state index in [0.29, 0.717) is 5.41 Å². The van der Waals surface area contributed by atoms with Crippen LogP contribution in [-0.2, 0) is 4.79 Å². The molecular formula is C11H19NO2. The number of aliphatic carboxylic acids is 1. The Morgan fingerprint density at radius 2 is 2.21 bits per heavy atom. The summed E-state index contributed by atoms with van der Waals surface area (Å²) in [6.07, 6.45) is 6.63. The van der Waals surface area contributed by atoms with E-state index in [0.717, 1.165) is 32.4 Å². The van der Waals surface area contributed by atoms with E-state index in [-0.39, 0.29) is 5.92 Å². The summed E-state index contributed by atoms with van der Waals surface area (Å²) in [4.78, 5) is 10.9. The van der Waals surface area contributed by atoms with Crippen molar-refractivity contribution >= 4 is 5.97 Å². The molecule has 2 atom stereocenters. The topological polar surface area (TPSA) is 49.3 Å². The molecule has 0 aromatic heterocycles. The van der Waals surface area contributed by atoms with Crippen molar-refractivity contribution in [2.75, 3.05) is 13.1 Å². The standard InChI is InChI=1S/C11H19NO2/c13-10(14)9-3-5-11(7-9)4-1-2-6-12-8-11/h9,12H,1-8H2,(H,13,14). The van der Waals surface area contributed by atoms with Gasteiger partial charge in [0.25, 0.3) is 0 Å². The minimum Gasteiger partial charge on any atom is -0.481 e. The molecule has 1 heterocycles. The van der Waals surface area contributed by atoms with E-state index in [1.165, 1.54) is 19.3 Å². The largest absolute Gasteiger partial charge is 0.481 e. The monoisotopic (exact) mass is 197 g/mol. The van der Waals surface area contributed by atoms with Gasteiger partial charge in [0.1, 0.15) is 0 Å². The van der Waals surface area contributed by atoms with Crippen LogP contribution in [-0.4, -0.2) is 24.2 Å². The summed E-state index contributed by atoms with van der Waals surface area (Å²) in [6, 6.07) is 0. The van der Waals surface area contributed by atoms with Gasteiger partial charge in [0, 0.05) is 6.54 Å². The van der Waals surface area contributed by atoms with Crippen LogP contribution in [0.2, 0.25) is 0 Å². The first kappa shape index (κ1) is 9.97. The molecule has 2 fully saturated rings. The minimum absolute atomic E-state index is 0.0742. The molecule has 0 aromatic carbocycles. The average molecular weight is 197 g/mol. The maximum atomic E-state index is 10.9. The number of carbonyl (C=O) groups is 1. The van der Waals surface area contributed by atoms with Crippen molar-refractivity contribution in [1.29, 1.82) is 0 Å². The van der Waals surface area contributed by atoms with Gasteiger partial charge in [-0.3, -0.25) is 4.79 Å². The van der Waals surface area contributed by atoms with Gasteiger partial charge in [-0.05, 0) is 44.1 Å². The Morgan fingerprint density at radius 1 is 1.36 bits per heavy atom. The van der Waals surface area contributed by atoms with Crippen molar-refractivity contribution in [2.24, 2.45) is 11.3 Å². The van der Waals surface area contributed by atoms with Gasteiger partial charge in [0.05, 0.1) is 5.92 Å². The van der Waals surface area contributed by atoms with Gasteiger partial charge < -0.3 is 10.4 Å². The fourth-order valence-electron chi connectivity index (χ4n) is 3.00. The molecule has 1 aliphatic carbocycles. The molecule has 2 unspecified atom stereocenters. The molecule has 0 radical (unpaired) electrons.